The number of nitriles is 1. The molecule has 0 saturated heterocycles. The van der Waals surface area contributed by atoms with Gasteiger partial charge in [-0.2, -0.15) is 23.5 Å². The Balaban J connectivity index is 2.12. The monoisotopic (exact) mass is 505 g/mol. The van der Waals surface area contributed by atoms with E-state index in [0.717, 1.165) is 18.2 Å². The summed E-state index contributed by atoms with van der Waals surface area (Å²) in [4.78, 5) is 27.8. The van der Waals surface area contributed by atoms with Crippen LogP contribution in [0.2, 0.25) is 5.02 Å². The smallest absolute Gasteiger partial charge is 0.437 e. The molecule has 0 amide bonds. The van der Waals surface area contributed by atoms with E-state index < -0.39 is 47.3 Å². The van der Waals surface area contributed by atoms with Gasteiger partial charge in [-0.25, -0.2) is 18.2 Å². The van der Waals surface area contributed by atoms with E-state index in [1.165, 1.54) is 6.07 Å². The molecule has 0 fully saturated rings. The average molecular weight is 506 g/mol. The van der Waals surface area contributed by atoms with Gasteiger partial charge in [-0.05, 0) is 33.7 Å². The van der Waals surface area contributed by atoms with Crippen LogP contribution >= 0.6 is 21.0 Å². The van der Waals surface area contributed by atoms with Crippen molar-refractivity contribution in [3.05, 3.63) is 78.8 Å². The third-order valence-corrected chi connectivity index (χ3v) is 4.63. The minimum absolute atomic E-state index is 0.0340. The molecule has 8 nitrogen and oxygen atoms in total. The highest BCUT2D eigenvalue weighted by atomic mass is 35.5. The van der Waals surface area contributed by atoms with Crippen LogP contribution in [0.4, 0.5) is 22.0 Å². The Morgan fingerprint density at radius 3 is 2.48 bits per heavy atom. The van der Waals surface area contributed by atoms with E-state index in [-0.39, 0.29) is 22.0 Å². The van der Waals surface area contributed by atoms with Crippen LogP contribution in [0.25, 0.3) is 0 Å². The number of hydrogen-bond donors (Lipinski definition) is 0. The van der Waals surface area contributed by atoms with Gasteiger partial charge < -0.3 is 4.74 Å². The average Bonchev–Trinajstić information content (AvgIpc) is 2.71. The zero-order valence-corrected chi connectivity index (χ0v) is 17.9. The van der Waals surface area contributed by atoms with Crippen LogP contribution in [0.1, 0.15) is 28.9 Å². The second-order valence-electron chi connectivity index (χ2n) is 6.38. The molecule has 15 heteroatoms. The highest BCUT2D eigenvalue weighted by molar-refractivity contribution is 7.14. The molecular formula is C18H10ClF5N5O3P. The Hall–Kier alpha value is -3.36. The van der Waals surface area contributed by atoms with Crippen LogP contribution < -0.4 is 15.9 Å². The number of aromatic nitrogens is 4. The fourth-order valence-electron chi connectivity index (χ4n) is 2.68. The maximum atomic E-state index is 13.4. The van der Waals surface area contributed by atoms with Gasteiger partial charge in [-0.15, -0.1) is 0 Å². The van der Waals surface area contributed by atoms with Crippen LogP contribution in [0.3, 0.4) is 0 Å². The standard InChI is InChI=1S/C18H10ClF5N5O3P/c19-9-1-8(5-25)2-11(3-9)32-13-14(18(22,23)24)26-7-28(17(13)31)6-10-4-12(15(20)21)16(30)29(33)27-10/h1-4,7,15H,6,33H2. The van der Waals surface area contributed by atoms with Crippen molar-refractivity contribution in [2.24, 2.45) is 0 Å². The Morgan fingerprint density at radius 2 is 1.88 bits per heavy atom. The van der Waals surface area contributed by atoms with E-state index in [2.05, 4.69) is 10.1 Å². The molecule has 33 heavy (non-hydrogen) atoms. The Morgan fingerprint density at radius 1 is 1.18 bits per heavy atom. The van der Waals surface area contributed by atoms with Gasteiger partial charge in [0.1, 0.15) is 5.75 Å². The number of hydrogen-bond acceptors (Lipinski definition) is 6. The Labute approximate surface area is 188 Å². The molecule has 0 aliphatic carbocycles. The lowest BCUT2D eigenvalue weighted by Crippen LogP contribution is -2.28. The fourth-order valence-corrected chi connectivity index (χ4v) is 3.20. The summed E-state index contributed by atoms with van der Waals surface area (Å²) in [6, 6.07) is 5.84. The molecule has 0 radical (unpaired) electrons. The summed E-state index contributed by atoms with van der Waals surface area (Å²) in [6.45, 7) is -0.603. The van der Waals surface area contributed by atoms with E-state index in [1.807, 2.05) is 0 Å². The van der Waals surface area contributed by atoms with E-state index in [0.29, 0.717) is 15.3 Å². The lowest BCUT2D eigenvalue weighted by atomic mass is 10.2. The van der Waals surface area contributed by atoms with Gasteiger partial charge in [0.25, 0.3) is 17.5 Å². The van der Waals surface area contributed by atoms with Crippen LogP contribution in [-0.4, -0.2) is 19.1 Å². The molecule has 0 spiro atoms. The van der Waals surface area contributed by atoms with E-state index in [9.17, 15) is 31.5 Å². The molecule has 2 aromatic heterocycles. The molecule has 2 heterocycles. The van der Waals surface area contributed by atoms with Crippen LogP contribution in [0.5, 0.6) is 11.5 Å². The molecule has 1 aromatic carbocycles. The number of rotatable bonds is 5. The van der Waals surface area contributed by atoms with Gasteiger partial charge in [0.2, 0.25) is 5.75 Å². The molecule has 0 N–H and O–H groups in total. The molecule has 3 rings (SSSR count). The number of benzene rings is 1. The molecule has 1 atom stereocenters. The maximum Gasteiger partial charge on any atom is 0.437 e. The van der Waals surface area contributed by atoms with Crippen molar-refractivity contribution in [1.82, 2.24) is 19.1 Å². The van der Waals surface area contributed by atoms with Gasteiger partial charge in [-0.3, -0.25) is 14.2 Å². The van der Waals surface area contributed by atoms with Gasteiger partial charge in [0, 0.05) is 5.02 Å². The van der Waals surface area contributed by atoms with Gasteiger partial charge in [0.05, 0.1) is 35.8 Å². The van der Waals surface area contributed by atoms with Gasteiger partial charge >= 0.3 is 6.18 Å². The summed E-state index contributed by atoms with van der Waals surface area (Å²) in [5.74, 6) is -1.57. The summed E-state index contributed by atoms with van der Waals surface area (Å²) in [6.07, 6.45) is -7.69. The molecule has 3 aromatic rings. The summed E-state index contributed by atoms with van der Waals surface area (Å²) in [5, 5.41) is 12.7. The first kappa shape index (κ1) is 24.3. The summed E-state index contributed by atoms with van der Waals surface area (Å²) < 4.78 is 72.8. The number of alkyl halides is 5. The lowest BCUT2D eigenvalue weighted by molar-refractivity contribution is -0.142. The Bertz CT molecular complexity index is 1380. The highest BCUT2D eigenvalue weighted by Crippen LogP contribution is 2.35. The van der Waals surface area contributed by atoms with Gasteiger partial charge in [-0.1, -0.05) is 11.6 Å². The van der Waals surface area contributed by atoms with E-state index >= 15 is 0 Å². The summed E-state index contributed by atoms with van der Waals surface area (Å²) in [5.41, 5.74) is -5.26. The molecular weight excluding hydrogens is 496 g/mol. The first-order valence-corrected chi connectivity index (χ1v) is 9.51. The van der Waals surface area contributed by atoms with Gasteiger partial charge in [0.15, 0.2) is 5.69 Å². The maximum absolute atomic E-state index is 13.4. The zero-order chi connectivity index (χ0) is 24.5. The third kappa shape index (κ3) is 5.35. The molecule has 0 aliphatic heterocycles. The minimum atomic E-state index is -5.08. The summed E-state index contributed by atoms with van der Waals surface area (Å²) >= 11 is 5.82. The van der Waals surface area contributed by atoms with E-state index in [1.54, 1.807) is 15.5 Å². The van der Waals surface area contributed by atoms with Crippen LogP contribution in [0, 0.1) is 11.3 Å². The van der Waals surface area contributed by atoms with E-state index in [4.69, 9.17) is 21.6 Å². The SMILES string of the molecule is N#Cc1cc(Cl)cc(Oc2c(C(F)(F)F)ncn(Cc3cc(C(F)F)c(=O)n(P)n3)c2=O)c1. The minimum Gasteiger partial charge on any atom is -0.449 e. The number of ether oxygens (including phenoxy) is 1. The zero-order valence-electron chi connectivity index (χ0n) is 16.0. The van der Waals surface area contributed by atoms with Crippen molar-refractivity contribution in [3.63, 3.8) is 0 Å². The fraction of sp³-hybridized carbons (Fsp3) is 0.167. The predicted octanol–water partition coefficient (Wildman–Crippen LogP) is 3.76. The number of halogens is 6. The van der Waals surface area contributed by atoms with Crippen LogP contribution in [0.15, 0.2) is 40.2 Å². The molecule has 0 bridgehead atoms. The molecule has 0 aliphatic rings. The summed E-state index contributed by atoms with van der Waals surface area (Å²) in [7, 11) is 1.79. The van der Waals surface area contributed by atoms with Crippen molar-refractivity contribution >= 4 is 21.0 Å². The van der Waals surface area contributed by atoms with Crippen molar-refractivity contribution in [1.29, 1.82) is 5.26 Å². The topological polar surface area (TPSA) is 103 Å². The van der Waals surface area contributed by atoms with Crippen LogP contribution in [-0.2, 0) is 12.7 Å². The number of nitrogens with zero attached hydrogens (tertiary/aromatic N) is 5. The normalized spacial score (nSPS) is 11.5. The largest absolute Gasteiger partial charge is 0.449 e. The first-order chi connectivity index (χ1) is 15.4. The predicted molar refractivity (Wildman–Crippen MR) is 107 cm³/mol. The lowest BCUT2D eigenvalue weighted by Gasteiger charge is -2.15. The second kappa shape index (κ2) is 9.25. The Kier molecular flexibility index (Phi) is 6.81. The highest BCUT2D eigenvalue weighted by Gasteiger charge is 2.39. The van der Waals surface area contributed by atoms with Crippen molar-refractivity contribution < 1.29 is 26.7 Å². The first-order valence-electron chi connectivity index (χ1n) is 8.62. The van der Waals surface area contributed by atoms with Crippen molar-refractivity contribution in [3.8, 4) is 17.6 Å². The second-order valence-corrected chi connectivity index (χ2v) is 7.31. The molecule has 0 saturated carbocycles. The van der Waals surface area contributed by atoms with Crippen molar-refractivity contribution in [2.75, 3.05) is 0 Å². The quantitative estimate of drug-likeness (QED) is 0.386. The molecule has 172 valence electrons. The van der Waals surface area contributed by atoms with Crippen molar-refractivity contribution in [2.45, 2.75) is 19.1 Å². The molecule has 1 unspecified atom stereocenters. The third-order valence-electron chi connectivity index (χ3n) is 4.07.